The van der Waals surface area contributed by atoms with Crippen molar-refractivity contribution in [3.05, 3.63) is 35.4 Å². The topological polar surface area (TPSA) is 84.2 Å². The van der Waals surface area contributed by atoms with Crippen LogP contribution in [0.25, 0.3) is 0 Å². The maximum Gasteiger partial charge on any atom is 0.239 e. The van der Waals surface area contributed by atoms with E-state index in [1.165, 1.54) is 24.8 Å². The van der Waals surface area contributed by atoms with Crippen LogP contribution in [-0.4, -0.2) is 30.9 Å². The second-order valence-corrected chi connectivity index (χ2v) is 7.07. The molecule has 0 aromatic heterocycles. The number of rotatable bonds is 8. The highest BCUT2D eigenvalue weighted by atomic mass is 35.5. The molecule has 2 amide bonds. The van der Waals surface area contributed by atoms with E-state index in [4.69, 9.17) is 5.73 Å². The first-order valence-electron chi connectivity index (χ1n) is 9.40. The zero-order chi connectivity index (χ0) is 18.1. The minimum atomic E-state index is -0.148. The monoisotopic (exact) mass is 381 g/mol. The average Bonchev–Trinajstić information content (AvgIpc) is 2.64. The minimum absolute atomic E-state index is 0. The second kappa shape index (κ2) is 11.9. The van der Waals surface area contributed by atoms with E-state index in [0.717, 1.165) is 18.4 Å². The van der Waals surface area contributed by atoms with Crippen LogP contribution >= 0.6 is 12.4 Å². The highest BCUT2D eigenvalue weighted by molar-refractivity contribution is 5.85. The van der Waals surface area contributed by atoms with Crippen LogP contribution in [0.2, 0.25) is 0 Å². The molecule has 0 aliphatic heterocycles. The molecule has 1 atom stereocenters. The summed E-state index contributed by atoms with van der Waals surface area (Å²) in [5.41, 5.74) is 8.16. The number of halogens is 1. The Morgan fingerprint density at radius 3 is 2.38 bits per heavy atom. The summed E-state index contributed by atoms with van der Waals surface area (Å²) in [7, 11) is 0. The fourth-order valence-corrected chi connectivity index (χ4v) is 3.44. The van der Waals surface area contributed by atoms with E-state index >= 15 is 0 Å². The van der Waals surface area contributed by atoms with Crippen LogP contribution in [0.4, 0.5) is 0 Å². The van der Waals surface area contributed by atoms with Crippen LogP contribution in [0.3, 0.4) is 0 Å². The first-order chi connectivity index (χ1) is 12.1. The van der Waals surface area contributed by atoms with Gasteiger partial charge in [0.25, 0.3) is 0 Å². The Labute approximate surface area is 162 Å². The highest BCUT2D eigenvalue weighted by Crippen LogP contribution is 2.26. The van der Waals surface area contributed by atoms with Crippen LogP contribution in [0.1, 0.15) is 49.7 Å². The average molecular weight is 382 g/mol. The quantitative estimate of drug-likeness (QED) is 0.646. The Morgan fingerprint density at radius 2 is 1.77 bits per heavy atom. The molecule has 1 aliphatic carbocycles. The number of benzene rings is 1. The second-order valence-electron chi connectivity index (χ2n) is 7.07. The SMILES string of the molecule is Cc1ccc(CCC(=O)NCC(=O)NC(CN)C2CCCCC2)cc1.Cl. The zero-order valence-electron chi connectivity index (χ0n) is 15.6. The smallest absolute Gasteiger partial charge is 0.239 e. The molecule has 1 aromatic carbocycles. The van der Waals surface area contributed by atoms with E-state index < -0.39 is 0 Å². The Hall–Kier alpha value is -1.59. The standard InChI is InChI=1S/C20H31N3O2.ClH/c1-15-7-9-16(10-8-15)11-12-19(24)22-14-20(25)23-18(13-21)17-5-3-2-4-6-17;/h7-10,17-18H,2-6,11-14,21H2,1H3,(H,22,24)(H,23,25);1H. The summed E-state index contributed by atoms with van der Waals surface area (Å²) in [6, 6.07) is 8.17. The van der Waals surface area contributed by atoms with E-state index in [1.54, 1.807) is 0 Å². The van der Waals surface area contributed by atoms with Gasteiger partial charge in [0.1, 0.15) is 0 Å². The molecule has 1 unspecified atom stereocenters. The van der Waals surface area contributed by atoms with Gasteiger partial charge in [0.05, 0.1) is 6.54 Å². The molecular formula is C20H32ClN3O2. The van der Waals surface area contributed by atoms with Gasteiger partial charge in [0, 0.05) is 19.0 Å². The third kappa shape index (κ3) is 7.75. The van der Waals surface area contributed by atoms with Crippen molar-refractivity contribution in [2.45, 2.75) is 57.9 Å². The largest absolute Gasteiger partial charge is 0.350 e. The van der Waals surface area contributed by atoms with Gasteiger partial charge in [-0.3, -0.25) is 9.59 Å². The van der Waals surface area contributed by atoms with Crippen molar-refractivity contribution in [3.63, 3.8) is 0 Å². The molecule has 1 aromatic rings. The molecule has 0 heterocycles. The Morgan fingerprint density at radius 1 is 1.12 bits per heavy atom. The van der Waals surface area contributed by atoms with E-state index in [0.29, 0.717) is 25.3 Å². The lowest BCUT2D eigenvalue weighted by Gasteiger charge is -2.30. The number of carbonyl (C=O) groups excluding carboxylic acids is 2. The summed E-state index contributed by atoms with van der Waals surface area (Å²) in [5.74, 6) is 0.224. The van der Waals surface area contributed by atoms with Crippen LogP contribution in [0, 0.1) is 12.8 Å². The van der Waals surface area contributed by atoms with Gasteiger partial charge in [-0.1, -0.05) is 49.1 Å². The summed E-state index contributed by atoms with van der Waals surface area (Å²) in [4.78, 5) is 24.0. The van der Waals surface area contributed by atoms with Gasteiger partial charge in [-0.2, -0.15) is 0 Å². The van der Waals surface area contributed by atoms with Gasteiger partial charge in [-0.05, 0) is 37.7 Å². The maximum absolute atomic E-state index is 12.1. The minimum Gasteiger partial charge on any atom is -0.350 e. The van der Waals surface area contributed by atoms with E-state index in [2.05, 4.69) is 10.6 Å². The molecule has 1 saturated carbocycles. The van der Waals surface area contributed by atoms with Gasteiger partial charge in [-0.25, -0.2) is 0 Å². The predicted molar refractivity (Wildman–Crippen MR) is 107 cm³/mol. The zero-order valence-corrected chi connectivity index (χ0v) is 16.4. The fourth-order valence-electron chi connectivity index (χ4n) is 3.44. The lowest BCUT2D eigenvalue weighted by molar-refractivity contribution is -0.126. The molecule has 26 heavy (non-hydrogen) atoms. The predicted octanol–water partition coefficient (Wildman–Crippen LogP) is 2.49. The van der Waals surface area contributed by atoms with E-state index in [1.807, 2.05) is 31.2 Å². The van der Waals surface area contributed by atoms with Gasteiger partial charge >= 0.3 is 0 Å². The number of carbonyl (C=O) groups is 2. The number of amides is 2. The summed E-state index contributed by atoms with van der Waals surface area (Å²) in [5, 5.41) is 5.70. The summed E-state index contributed by atoms with van der Waals surface area (Å²) in [6.45, 7) is 2.52. The highest BCUT2D eigenvalue weighted by Gasteiger charge is 2.23. The molecule has 1 fully saturated rings. The Kier molecular flexibility index (Phi) is 10.3. The maximum atomic E-state index is 12.1. The van der Waals surface area contributed by atoms with E-state index in [9.17, 15) is 9.59 Å². The number of nitrogens with one attached hydrogen (secondary N) is 2. The van der Waals surface area contributed by atoms with Crippen LogP contribution in [-0.2, 0) is 16.0 Å². The molecular weight excluding hydrogens is 350 g/mol. The molecule has 146 valence electrons. The fraction of sp³-hybridized carbons (Fsp3) is 0.600. The molecule has 2 rings (SSSR count). The molecule has 4 N–H and O–H groups in total. The normalized spacial score (nSPS) is 15.6. The molecule has 0 radical (unpaired) electrons. The summed E-state index contributed by atoms with van der Waals surface area (Å²) < 4.78 is 0. The van der Waals surface area contributed by atoms with Crippen LogP contribution in [0.15, 0.2) is 24.3 Å². The van der Waals surface area contributed by atoms with Crippen molar-refractivity contribution in [2.75, 3.05) is 13.1 Å². The molecule has 5 nitrogen and oxygen atoms in total. The van der Waals surface area contributed by atoms with Crippen molar-refractivity contribution >= 4 is 24.2 Å². The number of aryl methyl sites for hydroxylation is 2. The number of nitrogens with two attached hydrogens (primary N) is 1. The first kappa shape index (κ1) is 22.5. The third-order valence-electron chi connectivity index (χ3n) is 5.03. The van der Waals surface area contributed by atoms with Crippen molar-refractivity contribution in [1.82, 2.24) is 10.6 Å². The van der Waals surface area contributed by atoms with Crippen molar-refractivity contribution in [1.29, 1.82) is 0 Å². The van der Waals surface area contributed by atoms with Gasteiger partial charge < -0.3 is 16.4 Å². The Bertz CT molecular complexity index is 557. The van der Waals surface area contributed by atoms with Gasteiger partial charge in [0.2, 0.25) is 11.8 Å². The van der Waals surface area contributed by atoms with Crippen LogP contribution < -0.4 is 16.4 Å². The third-order valence-corrected chi connectivity index (χ3v) is 5.03. The van der Waals surface area contributed by atoms with Crippen molar-refractivity contribution < 1.29 is 9.59 Å². The van der Waals surface area contributed by atoms with Crippen molar-refractivity contribution in [3.8, 4) is 0 Å². The molecule has 1 aliphatic rings. The lowest BCUT2D eigenvalue weighted by atomic mass is 9.84. The summed E-state index contributed by atoms with van der Waals surface area (Å²) >= 11 is 0. The molecule has 0 saturated heterocycles. The van der Waals surface area contributed by atoms with Crippen LogP contribution in [0.5, 0.6) is 0 Å². The van der Waals surface area contributed by atoms with E-state index in [-0.39, 0.29) is 36.8 Å². The summed E-state index contributed by atoms with van der Waals surface area (Å²) in [6.07, 6.45) is 7.04. The first-order valence-corrected chi connectivity index (χ1v) is 9.40. The van der Waals surface area contributed by atoms with Gasteiger partial charge in [-0.15, -0.1) is 12.4 Å². The number of hydrogen-bond donors (Lipinski definition) is 3. The van der Waals surface area contributed by atoms with Crippen molar-refractivity contribution in [2.24, 2.45) is 11.7 Å². The molecule has 0 bridgehead atoms. The lowest BCUT2D eigenvalue weighted by Crippen LogP contribution is -2.49. The number of hydrogen-bond acceptors (Lipinski definition) is 3. The Balaban J connectivity index is 0.00000338. The molecule has 0 spiro atoms. The van der Waals surface area contributed by atoms with Gasteiger partial charge in [0.15, 0.2) is 0 Å². The molecule has 6 heteroatoms.